The van der Waals surface area contributed by atoms with E-state index in [0.29, 0.717) is 6.61 Å². The van der Waals surface area contributed by atoms with Crippen LogP contribution in [0.5, 0.6) is 11.5 Å². The summed E-state index contributed by atoms with van der Waals surface area (Å²) in [5.74, 6) is 2.67. The molecule has 0 amide bonds. The third-order valence-corrected chi connectivity index (χ3v) is 6.22. The Morgan fingerprint density at radius 2 is 1.84 bits per heavy atom. The van der Waals surface area contributed by atoms with Gasteiger partial charge < -0.3 is 24.8 Å². The summed E-state index contributed by atoms with van der Waals surface area (Å²) in [6, 6.07) is 14.9. The summed E-state index contributed by atoms with van der Waals surface area (Å²) in [4.78, 5) is 4.43. The largest absolute Gasteiger partial charge is 0.496 e. The molecule has 2 aromatic carbocycles. The monoisotopic (exact) mass is 439 g/mol. The number of aliphatic imine (C=N–C) groups is 1. The average molecular weight is 440 g/mol. The van der Waals surface area contributed by atoms with Gasteiger partial charge in [0, 0.05) is 38.8 Å². The summed E-state index contributed by atoms with van der Waals surface area (Å²) in [5, 5.41) is 7.01. The van der Waals surface area contributed by atoms with Crippen molar-refractivity contribution in [3.8, 4) is 11.5 Å². The highest BCUT2D eigenvalue weighted by Gasteiger charge is 2.34. The first-order valence-corrected chi connectivity index (χ1v) is 11.5. The maximum absolute atomic E-state index is 5.67. The van der Waals surface area contributed by atoms with Gasteiger partial charge in [0.15, 0.2) is 5.96 Å². The number of rotatable bonds is 9. The number of hydrogen-bond donors (Lipinski definition) is 2. The molecule has 0 spiro atoms. The number of aryl methyl sites for hydroxylation is 1. The van der Waals surface area contributed by atoms with Gasteiger partial charge in [-0.1, -0.05) is 24.3 Å². The van der Waals surface area contributed by atoms with Crippen LogP contribution in [0.1, 0.15) is 36.5 Å². The van der Waals surface area contributed by atoms with Gasteiger partial charge in [-0.2, -0.15) is 0 Å². The first kappa shape index (κ1) is 23.9. The van der Waals surface area contributed by atoms with Crippen molar-refractivity contribution in [2.24, 2.45) is 4.99 Å². The van der Waals surface area contributed by atoms with E-state index in [9.17, 15) is 0 Å². The lowest BCUT2D eigenvalue weighted by molar-refractivity contribution is 0.0513. The predicted molar refractivity (Wildman–Crippen MR) is 130 cm³/mol. The average Bonchev–Trinajstić information content (AvgIpc) is 2.83. The Morgan fingerprint density at radius 3 is 2.50 bits per heavy atom. The molecule has 2 aromatic rings. The lowest BCUT2D eigenvalue weighted by Gasteiger charge is -2.38. The smallest absolute Gasteiger partial charge is 0.191 e. The molecule has 1 fully saturated rings. The molecule has 6 heteroatoms. The highest BCUT2D eigenvalue weighted by atomic mass is 16.5. The van der Waals surface area contributed by atoms with Crippen LogP contribution in [0, 0.1) is 6.92 Å². The van der Waals surface area contributed by atoms with Crippen molar-refractivity contribution in [2.45, 2.75) is 38.5 Å². The van der Waals surface area contributed by atoms with Crippen LogP contribution in [0.2, 0.25) is 0 Å². The standard InChI is InChI=1S/C26H37N3O3/c1-5-32-23-10-8-22(9-11-23)26(13-16-31-17-14-26)19-29-25(27-3)28-15-12-21-7-6-20(2)24(18-21)30-4/h6-11,18H,5,12-17,19H2,1-4H3,(H2,27,28,29). The van der Waals surface area contributed by atoms with Gasteiger partial charge in [0.1, 0.15) is 11.5 Å². The molecule has 0 atom stereocenters. The van der Waals surface area contributed by atoms with Crippen LogP contribution in [0.15, 0.2) is 47.5 Å². The van der Waals surface area contributed by atoms with Gasteiger partial charge in [0.2, 0.25) is 0 Å². The zero-order valence-corrected chi connectivity index (χ0v) is 19.9. The Balaban J connectivity index is 1.59. The molecule has 0 aromatic heterocycles. The summed E-state index contributed by atoms with van der Waals surface area (Å²) in [7, 11) is 3.53. The van der Waals surface area contributed by atoms with E-state index >= 15 is 0 Å². The normalized spacial score (nSPS) is 15.8. The maximum Gasteiger partial charge on any atom is 0.191 e. The third-order valence-electron chi connectivity index (χ3n) is 6.22. The van der Waals surface area contributed by atoms with E-state index < -0.39 is 0 Å². The van der Waals surface area contributed by atoms with E-state index in [2.05, 4.69) is 65.0 Å². The predicted octanol–water partition coefficient (Wildman–Crippen LogP) is 3.86. The van der Waals surface area contributed by atoms with Gasteiger partial charge in [-0.15, -0.1) is 0 Å². The van der Waals surface area contributed by atoms with E-state index in [4.69, 9.17) is 14.2 Å². The Morgan fingerprint density at radius 1 is 1.09 bits per heavy atom. The molecule has 174 valence electrons. The molecule has 0 bridgehead atoms. The second-order valence-corrected chi connectivity index (χ2v) is 8.26. The van der Waals surface area contributed by atoms with Gasteiger partial charge in [-0.3, -0.25) is 4.99 Å². The molecule has 6 nitrogen and oxygen atoms in total. The summed E-state index contributed by atoms with van der Waals surface area (Å²) < 4.78 is 16.7. The van der Waals surface area contributed by atoms with Crippen LogP contribution in [-0.4, -0.2) is 53.0 Å². The summed E-state index contributed by atoms with van der Waals surface area (Å²) in [5.41, 5.74) is 3.73. The summed E-state index contributed by atoms with van der Waals surface area (Å²) >= 11 is 0. The van der Waals surface area contributed by atoms with Crippen LogP contribution >= 0.6 is 0 Å². The highest BCUT2D eigenvalue weighted by molar-refractivity contribution is 5.79. The van der Waals surface area contributed by atoms with Crippen molar-refractivity contribution in [2.75, 3.05) is 47.1 Å². The number of ether oxygens (including phenoxy) is 3. The summed E-state index contributed by atoms with van der Waals surface area (Å²) in [6.45, 7) is 7.89. The molecule has 1 aliphatic rings. The molecule has 1 aliphatic heterocycles. The van der Waals surface area contributed by atoms with Gasteiger partial charge in [-0.25, -0.2) is 0 Å². The molecular formula is C26H37N3O3. The first-order chi connectivity index (χ1) is 15.6. The fourth-order valence-corrected chi connectivity index (χ4v) is 4.22. The van der Waals surface area contributed by atoms with E-state index in [1.807, 2.05) is 14.0 Å². The summed E-state index contributed by atoms with van der Waals surface area (Å²) in [6.07, 6.45) is 2.86. The quantitative estimate of drug-likeness (QED) is 0.459. The van der Waals surface area contributed by atoms with E-state index in [1.165, 1.54) is 11.1 Å². The number of methoxy groups -OCH3 is 1. The molecule has 0 saturated carbocycles. The third kappa shape index (κ3) is 6.16. The second kappa shape index (κ2) is 11.8. The molecule has 0 radical (unpaired) electrons. The topological polar surface area (TPSA) is 64.1 Å². The minimum absolute atomic E-state index is 0.0188. The van der Waals surface area contributed by atoms with Crippen LogP contribution in [-0.2, 0) is 16.6 Å². The molecule has 1 saturated heterocycles. The lowest BCUT2D eigenvalue weighted by Crippen LogP contribution is -2.48. The Labute approximate surface area is 192 Å². The molecule has 2 N–H and O–H groups in total. The van der Waals surface area contributed by atoms with Crippen LogP contribution in [0.4, 0.5) is 0 Å². The maximum atomic E-state index is 5.67. The fourth-order valence-electron chi connectivity index (χ4n) is 4.22. The molecule has 1 heterocycles. The van der Waals surface area contributed by atoms with Crippen molar-refractivity contribution in [3.05, 3.63) is 59.2 Å². The Bertz CT molecular complexity index is 874. The van der Waals surface area contributed by atoms with Gasteiger partial charge >= 0.3 is 0 Å². The van der Waals surface area contributed by atoms with Crippen molar-refractivity contribution in [1.29, 1.82) is 0 Å². The molecule has 0 aliphatic carbocycles. The van der Waals surface area contributed by atoms with Crippen molar-refractivity contribution in [3.63, 3.8) is 0 Å². The molecule has 0 unspecified atom stereocenters. The SMILES string of the molecule is CCOc1ccc(C2(CNC(=NC)NCCc3ccc(C)c(OC)c3)CCOCC2)cc1. The van der Waals surface area contributed by atoms with E-state index in [-0.39, 0.29) is 5.41 Å². The number of nitrogens with zero attached hydrogens (tertiary/aromatic N) is 1. The zero-order chi connectivity index (χ0) is 22.8. The van der Waals surface area contributed by atoms with Crippen LogP contribution < -0.4 is 20.1 Å². The van der Waals surface area contributed by atoms with Crippen molar-refractivity contribution >= 4 is 5.96 Å². The number of nitrogens with one attached hydrogen (secondary N) is 2. The second-order valence-electron chi connectivity index (χ2n) is 8.26. The molecular weight excluding hydrogens is 402 g/mol. The zero-order valence-electron chi connectivity index (χ0n) is 19.9. The minimum Gasteiger partial charge on any atom is -0.496 e. The van der Waals surface area contributed by atoms with Crippen LogP contribution in [0.25, 0.3) is 0 Å². The lowest BCUT2D eigenvalue weighted by atomic mass is 9.74. The van der Waals surface area contributed by atoms with Crippen LogP contribution in [0.3, 0.4) is 0 Å². The van der Waals surface area contributed by atoms with Gasteiger partial charge in [-0.05, 0) is 68.0 Å². The minimum atomic E-state index is 0.0188. The molecule has 3 rings (SSSR count). The van der Waals surface area contributed by atoms with E-state index in [0.717, 1.165) is 68.6 Å². The van der Waals surface area contributed by atoms with Crippen molar-refractivity contribution in [1.82, 2.24) is 10.6 Å². The Hall–Kier alpha value is -2.73. The molecule has 32 heavy (non-hydrogen) atoms. The van der Waals surface area contributed by atoms with Gasteiger partial charge in [0.05, 0.1) is 13.7 Å². The number of hydrogen-bond acceptors (Lipinski definition) is 4. The first-order valence-electron chi connectivity index (χ1n) is 11.5. The number of benzene rings is 2. The Kier molecular flexibility index (Phi) is 8.80. The number of guanidine groups is 1. The van der Waals surface area contributed by atoms with Gasteiger partial charge in [0.25, 0.3) is 0 Å². The highest BCUT2D eigenvalue weighted by Crippen LogP contribution is 2.35. The fraction of sp³-hybridized carbons (Fsp3) is 0.500. The van der Waals surface area contributed by atoms with Crippen molar-refractivity contribution < 1.29 is 14.2 Å². The van der Waals surface area contributed by atoms with E-state index in [1.54, 1.807) is 7.11 Å².